The third-order valence-corrected chi connectivity index (χ3v) is 5.45. The highest BCUT2D eigenvalue weighted by atomic mass is 35.5. The van der Waals surface area contributed by atoms with Gasteiger partial charge in [0.15, 0.2) is 0 Å². The first kappa shape index (κ1) is 17.7. The zero-order valence-electron chi connectivity index (χ0n) is 11.3. The van der Waals surface area contributed by atoms with Gasteiger partial charge >= 0.3 is 0 Å². The Balaban J connectivity index is 3.12. The molecule has 0 amide bonds. The summed E-state index contributed by atoms with van der Waals surface area (Å²) >= 11 is 7.27. The Kier molecular flexibility index (Phi) is 6.74. The molecule has 8 heteroatoms. The first-order valence-corrected chi connectivity index (χ1v) is 9.30. The van der Waals surface area contributed by atoms with Crippen molar-refractivity contribution in [2.24, 2.45) is 5.73 Å². The van der Waals surface area contributed by atoms with Crippen molar-refractivity contribution >= 4 is 33.4 Å². The molecule has 0 radical (unpaired) electrons. The topological polar surface area (TPSA) is 72.2 Å². The largest absolute Gasteiger partial charge is 0.326 e. The van der Waals surface area contributed by atoms with Gasteiger partial charge in [-0.2, -0.15) is 11.8 Å². The molecule has 0 aliphatic carbocycles. The van der Waals surface area contributed by atoms with Gasteiger partial charge in [-0.05, 0) is 30.4 Å². The van der Waals surface area contributed by atoms with Gasteiger partial charge in [0.2, 0.25) is 10.0 Å². The molecule has 0 aromatic heterocycles. The smallest absolute Gasteiger partial charge is 0.240 e. The Labute approximate surface area is 128 Å². The van der Waals surface area contributed by atoms with E-state index in [0.29, 0.717) is 12.2 Å². The average Bonchev–Trinajstić information content (AvgIpc) is 2.40. The fourth-order valence-corrected chi connectivity index (χ4v) is 4.04. The lowest BCUT2D eigenvalue weighted by Crippen LogP contribution is -2.36. The van der Waals surface area contributed by atoms with Crippen molar-refractivity contribution in [3.63, 3.8) is 0 Å². The van der Waals surface area contributed by atoms with Crippen LogP contribution in [0.1, 0.15) is 18.9 Å². The number of nitrogens with one attached hydrogen (secondary N) is 1. The zero-order valence-corrected chi connectivity index (χ0v) is 13.7. The second-order valence-corrected chi connectivity index (χ2v) is 7.27. The maximum atomic E-state index is 13.6. The van der Waals surface area contributed by atoms with E-state index in [1.165, 1.54) is 6.07 Å². The number of hydrogen-bond acceptors (Lipinski definition) is 4. The quantitative estimate of drug-likeness (QED) is 0.799. The van der Waals surface area contributed by atoms with Gasteiger partial charge in [0, 0.05) is 18.3 Å². The Morgan fingerprint density at radius 2 is 2.15 bits per heavy atom. The minimum absolute atomic E-state index is 0.0267. The number of halogens is 2. The van der Waals surface area contributed by atoms with E-state index < -0.39 is 15.8 Å². The third-order valence-electron chi connectivity index (χ3n) is 2.79. The van der Waals surface area contributed by atoms with Crippen molar-refractivity contribution in [1.29, 1.82) is 0 Å². The molecule has 0 bridgehead atoms. The first-order valence-electron chi connectivity index (χ1n) is 6.05. The number of benzene rings is 1. The van der Waals surface area contributed by atoms with Crippen LogP contribution in [0, 0.1) is 5.82 Å². The minimum Gasteiger partial charge on any atom is -0.326 e. The molecule has 20 heavy (non-hydrogen) atoms. The summed E-state index contributed by atoms with van der Waals surface area (Å²) in [5.74, 6) is -0.136. The third kappa shape index (κ3) is 4.33. The highest BCUT2D eigenvalue weighted by molar-refractivity contribution is 7.98. The summed E-state index contributed by atoms with van der Waals surface area (Å²) in [5, 5.41) is -0.136. The van der Waals surface area contributed by atoms with Gasteiger partial charge in [-0.15, -0.1) is 0 Å². The molecule has 0 aliphatic heterocycles. The van der Waals surface area contributed by atoms with Crippen molar-refractivity contribution in [2.75, 3.05) is 12.0 Å². The van der Waals surface area contributed by atoms with Gasteiger partial charge in [0.05, 0.1) is 9.92 Å². The fraction of sp³-hybridized carbons (Fsp3) is 0.500. The van der Waals surface area contributed by atoms with E-state index in [9.17, 15) is 12.8 Å². The summed E-state index contributed by atoms with van der Waals surface area (Å²) in [6, 6.07) is 2.02. The molecule has 4 nitrogen and oxygen atoms in total. The SMILES string of the molecule is CCC(CSC)NS(=O)(=O)c1cc(F)c(Cl)c(CN)c1. The molecule has 0 saturated carbocycles. The van der Waals surface area contributed by atoms with E-state index in [0.717, 1.165) is 6.07 Å². The standard InChI is InChI=1S/C12H18ClFN2O2S2/c1-3-9(7-19-2)16-20(17,18)10-4-8(6-15)12(13)11(14)5-10/h4-5,9,16H,3,6-7,15H2,1-2H3. The Hall–Kier alpha value is -0.340. The molecular formula is C12H18ClFN2O2S2. The molecule has 3 N–H and O–H groups in total. The van der Waals surface area contributed by atoms with Gasteiger partial charge in [0.25, 0.3) is 0 Å². The predicted molar refractivity (Wildman–Crippen MR) is 82.1 cm³/mol. The van der Waals surface area contributed by atoms with Crippen LogP contribution in [0.5, 0.6) is 0 Å². The maximum Gasteiger partial charge on any atom is 0.240 e. The zero-order chi connectivity index (χ0) is 15.3. The summed E-state index contributed by atoms with van der Waals surface area (Å²) in [7, 11) is -3.78. The van der Waals surface area contributed by atoms with E-state index >= 15 is 0 Å². The maximum absolute atomic E-state index is 13.6. The van der Waals surface area contributed by atoms with Crippen molar-refractivity contribution in [2.45, 2.75) is 30.8 Å². The Morgan fingerprint density at radius 1 is 1.50 bits per heavy atom. The molecule has 0 aliphatic rings. The van der Waals surface area contributed by atoms with E-state index in [4.69, 9.17) is 17.3 Å². The summed E-state index contributed by atoms with van der Waals surface area (Å²) in [6.07, 6.45) is 2.55. The number of thioether (sulfide) groups is 1. The number of sulfonamides is 1. The molecule has 0 heterocycles. The highest BCUT2D eigenvalue weighted by Gasteiger charge is 2.21. The van der Waals surface area contributed by atoms with E-state index in [1.807, 2.05) is 13.2 Å². The van der Waals surface area contributed by atoms with Crippen LogP contribution in [-0.2, 0) is 16.6 Å². The van der Waals surface area contributed by atoms with Crippen LogP contribution in [0.3, 0.4) is 0 Å². The highest BCUT2D eigenvalue weighted by Crippen LogP contribution is 2.24. The van der Waals surface area contributed by atoms with Gasteiger partial charge in [-0.1, -0.05) is 18.5 Å². The van der Waals surface area contributed by atoms with Crippen molar-refractivity contribution in [3.8, 4) is 0 Å². The molecule has 1 aromatic carbocycles. The lowest BCUT2D eigenvalue weighted by molar-refractivity contribution is 0.555. The van der Waals surface area contributed by atoms with Crippen LogP contribution < -0.4 is 10.5 Å². The molecule has 1 atom stereocenters. The summed E-state index contributed by atoms with van der Waals surface area (Å²) < 4.78 is 40.7. The van der Waals surface area contributed by atoms with Crippen LogP contribution in [0.2, 0.25) is 5.02 Å². The number of nitrogens with two attached hydrogens (primary N) is 1. The Morgan fingerprint density at radius 3 is 2.65 bits per heavy atom. The van der Waals surface area contributed by atoms with Crippen LogP contribution in [0.25, 0.3) is 0 Å². The monoisotopic (exact) mass is 340 g/mol. The summed E-state index contributed by atoms with van der Waals surface area (Å²) in [4.78, 5) is -0.153. The van der Waals surface area contributed by atoms with Crippen molar-refractivity contribution in [1.82, 2.24) is 4.72 Å². The first-order chi connectivity index (χ1) is 9.35. The predicted octanol–water partition coefficient (Wildman–Crippen LogP) is 2.36. The summed E-state index contributed by atoms with van der Waals surface area (Å²) in [6.45, 7) is 1.86. The molecule has 1 unspecified atom stereocenters. The Bertz CT molecular complexity index is 567. The van der Waals surface area contributed by atoms with E-state index in [2.05, 4.69) is 4.72 Å². The van der Waals surface area contributed by atoms with Gasteiger partial charge in [0.1, 0.15) is 5.82 Å². The van der Waals surface area contributed by atoms with Crippen LogP contribution in [0.15, 0.2) is 17.0 Å². The van der Waals surface area contributed by atoms with Crippen molar-refractivity contribution in [3.05, 3.63) is 28.5 Å². The van der Waals surface area contributed by atoms with Gasteiger partial charge in [-0.3, -0.25) is 0 Å². The second-order valence-electron chi connectivity index (χ2n) is 4.26. The number of hydrogen-bond donors (Lipinski definition) is 2. The molecule has 0 saturated heterocycles. The molecule has 1 rings (SSSR count). The van der Waals surface area contributed by atoms with Crippen LogP contribution >= 0.6 is 23.4 Å². The lowest BCUT2D eigenvalue weighted by atomic mass is 10.2. The number of rotatable bonds is 7. The minimum atomic E-state index is -3.78. The molecular weight excluding hydrogens is 323 g/mol. The molecule has 1 aromatic rings. The van der Waals surface area contributed by atoms with Crippen molar-refractivity contribution < 1.29 is 12.8 Å². The van der Waals surface area contributed by atoms with Crippen LogP contribution in [-0.4, -0.2) is 26.5 Å². The van der Waals surface area contributed by atoms with Gasteiger partial charge < -0.3 is 5.73 Å². The fourth-order valence-electron chi connectivity index (χ4n) is 1.65. The summed E-state index contributed by atoms with van der Waals surface area (Å²) in [5.41, 5.74) is 5.71. The molecule has 114 valence electrons. The van der Waals surface area contributed by atoms with Gasteiger partial charge in [-0.25, -0.2) is 17.5 Å². The van der Waals surface area contributed by atoms with E-state index in [1.54, 1.807) is 11.8 Å². The lowest BCUT2D eigenvalue weighted by Gasteiger charge is -2.16. The molecule has 0 fully saturated rings. The average molecular weight is 341 g/mol. The van der Waals surface area contributed by atoms with Crippen LogP contribution in [0.4, 0.5) is 4.39 Å². The van der Waals surface area contributed by atoms with E-state index in [-0.39, 0.29) is 28.1 Å². The normalized spacial score (nSPS) is 13.4. The molecule has 0 spiro atoms. The second kappa shape index (κ2) is 7.61.